The highest BCUT2D eigenvalue weighted by atomic mass is 32.2. The van der Waals surface area contributed by atoms with Crippen LogP contribution in [0.25, 0.3) is 10.8 Å². The number of fused-ring (bicyclic) bond motifs is 1. The van der Waals surface area contributed by atoms with Crippen LogP contribution < -0.4 is 5.32 Å². The van der Waals surface area contributed by atoms with Crippen LogP contribution in [0.2, 0.25) is 0 Å². The van der Waals surface area contributed by atoms with Crippen molar-refractivity contribution in [1.29, 1.82) is 0 Å². The summed E-state index contributed by atoms with van der Waals surface area (Å²) in [6.45, 7) is 2.03. The lowest BCUT2D eigenvalue weighted by atomic mass is 10.1. The quantitative estimate of drug-likeness (QED) is 0.443. The first-order valence-electron chi connectivity index (χ1n) is 8.53. The van der Waals surface area contributed by atoms with Gasteiger partial charge < -0.3 is 4.42 Å². The molecule has 0 spiro atoms. The molecular formula is C20H17N3O2S2. The van der Waals surface area contributed by atoms with Crippen LogP contribution in [0.3, 0.4) is 0 Å². The Labute approximate surface area is 164 Å². The van der Waals surface area contributed by atoms with Crippen LogP contribution in [-0.2, 0) is 12.2 Å². The molecule has 4 aromatic rings. The predicted molar refractivity (Wildman–Crippen MR) is 109 cm³/mol. The number of carbonyl (C=O) groups is 1. The number of nitrogens with zero attached hydrogens (tertiary/aromatic N) is 2. The van der Waals surface area contributed by atoms with Crippen LogP contribution in [0.5, 0.6) is 0 Å². The maximum atomic E-state index is 12.5. The number of rotatable bonds is 6. The predicted octanol–water partition coefficient (Wildman–Crippen LogP) is 5.39. The number of anilines is 1. The zero-order valence-corrected chi connectivity index (χ0v) is 16.3. The summed E-state index contributed by atoms with van der Waals surface area (Å²) in [6.07, 6.45) is 4.36. The lowest BCUT2D eigenvalue weighted by molar-refractivity contribution is 0.102. The van der Waals surface area contributed by atoms with Crippen LogP contribution >= 0.6 is 23.1 Å². The summed E-state index contributed by atoms with van der Waals surface area (Å²) in [7, 11) is 0. The van der Waals surface area contributed by atoms with Gasteiger partial charge in [-0.1, -0.05) is 48.6 Å². The smallest absolute Gasteiger partial charge is 0.257 e. The molecule has 0 unspecified atom stereocenters. The fraction of sp³-hybridized carbons (Fsp3) is 0.150. The van der Waals surface area contributed by atoms with Gasteiger partial charge in [-0.05, 0) is 22.9 Å². The van der Waals surface area contributed by atoms with E-state index >= 15 is 0 Å². The van der Waals surface area contributed by atoms with Crippen molar-refractivity contribution in [3.05, 3.63) is 72.1 Å². The van der Waals surface area contributed by atoms with Crippen molar-refractivity contribution in [2.45, 2.75) is 23.3 Å². The molecule has 2 aromatic heterocycles. The number of amides is 1. The van der Waals surface area contributed by atoms with Crippen molar-refractivity contribution in [3.63, 3.8) is 0 Å². The molecule has 0 aliphatic rings. The topological polar surface area (TPSA) is 68.0 Å². The van der Waals surface area contributed by atoms with E-state index in [0.29, 0.717) is 22.3 Å². The second-order valence-corrected chi connectivity index (χ2v) is 8.17. The van der Waals surface area contributed by atoms with E-state index < -0.39 is 0 Å². The van der Waals surface area contributed by atoms with Crippen molar-refractivity contribution in [2.75, 3.05) is 5.32 Å². The molecular weight excluding hydrogens is 378 g/mol. The Kier molecular flexibility index (Phi) is 5.22. The lowest BCUT2D eigenvalue weighted by Crippen LogP contribution is -2.11. The summed E-state index contributed by atoms with van der Waals surface area (Å²) in [5, 5.41) is 5.60. The van der Waals surface area contributed by atoms with Gasteiger partial charge in [0.2, 0.25) is 5.89 Å². The Morgan fingerprint density at radius 2 is 2.00 bits per heavy atom. The van der Waals surface area contributed by atoms with Crippen LogP contribution in [0.1, 0.15) is 28.9 Å². The fourth-order valence-corrected chi connectivity index (χ4v) is 4.32. The van der Waals surface area contributed by atoms with Crippen LogP contribution in [0, 0.1) is 0 Å². The van der Waals surface area contributed by atoms with E-state index in [-0.39, 0.29) is 5.91 Å². The normalized spacial score (nSPS) is 11.0. The fourth-order valence-electron chi connectivity index (χ4n) is 2.59. The molecule has 0 aliphatic heterocycles. The van der Waals surface area contributed by atoms with E-state index in [2.05, 4.69) is 15.3 Å². The molecule has 0 fully saturated rings. The van der Waals surface area contributed by atoms with Crippen molar-refractivity contribution in [2.24, 2.45) is 0 Å². The van der Waals surface area contributed by atoms with Gasteiger partial charge in [-0.2, -0.15) is 0 Å². The minimum atomic E-state index is -0.160. The number of carbonyl (C=O) groups excluding carboxylic acids is 1. The molecule has 0 atom stereocenters. The number of hydrogen-bond donors (Lipinski definition) is 1. The monoisotopic (exact) mass is 395 g/mol. The molecule has 2 heterocycles. The number of thioether (sulfide) groups is 1. The zero-order valence-electron chi connectivity index (χ0n) is 14.6. The molecule has 0 saturated carbocycles. The molecule has 7 heteroatoms. The maximum absolute atomic E-state index is 12.5. The zero-order chi connectivity index (χ0) is 18.6. The van der Waals surface area contributed by atoms with Crippen LogP contribution in [0.4, 0.5) is 5.13 Å². The number of benzene rings is 2. The van der Waals surface area contributed by atoms with E-state index in [9.17, 15) is 4.79 Å². The average molecular weight is 396 g/mol. The van der Waals surface area contributed by atoms with Crippen molar-refractivity contribution >= 4 is 44.9 Å². The molecule has 0 radical (unpaired) electrons. The molecule has 0 bridgehead atoms. The molecule has 1 amide bonds. The highest BCUT2D eigenvalue weighted by molar-refractivity contribution is 8.00. The average Bonchev–Trinajstić information content (AvgIpc) is 3.35. The minimum absolute atomic E-state index is 0.160. The number of aromatic nitrogens is 2. The maximum Gasteiger partial charge on any atom is 0.257 e. The Bertz CT molecular complexity index is 1090. The second-order valence-electron chi connectivity index (χ2n) is 5.86. The largest absolute Gasteiger partial charge is 0.445 e. The molecule has 136 valence electrons. The summed E-state index contributed by atoms with van der Waals surface area (Å²) in [5.41, 5.74) is 0.616. The summed E-state index contributed by atoms with van der Waals surface area (Å²) in [4.78, 5) is 21.0. The van der Waals surface area contributed by atoms with Crippen LogP contribution in [-0.4, -0.2) is 15.9 Å². The van der Waals surface area contributed by atoms with Gasteiger partial charge in [0, 0.05) is 12.0 Å². The third-order valence-corrected chi connectivity index (χ3v) is 6.10. The number of aryl methyl sites for hydroxylation is 1. The van der Waals surface area contributed by atoms with Gasteiger partial charge in [-0.3, -0.25) is 10.1 Å². The Hall–Kier alpha value is -2.64. The first-order chi connectivity index (χ1) is 13.2. The van der Waals surface area contributed by atoms with Gasteiger partial charge in [0.15, 0.2) is 5.13 Å². The number of hydrogen-bond acceptors (Lipinski definition) is 6. The van der Waals surface area contributed by atoms with Crippen molar-refractivity contribution < 1.29 is 9.21 Å². The Balaban J connectivity index is 1.39. The number of thiazole rings is 1. The minimum Gasteiger partial charge on any atom is -0.445 e. The van der Waals surface area contributed by atoms with Gasteiger partial charge in [0.05, 0.1) is 22.4 Å². The standard InChI is InChI=1S/C20H17N3O2S2/c1-2-16-10-21-17(25-16)12-26-18-11-22-20(27-18)23-19(24)15-8-7-13-5-3-4-6-14(13)9-15/h3-11H,2,12H2,1H3,(H,22,23,24). The molecule has 5 nitrogen and oxygen atoms in total. The van der Waals surface area contributed by atoms with E-state index in [1.54, 1.807) is 24.2 Å². The van der Waals surface area contributed by atoms with Gasteiger partial charge in [-0.15, -0.1) is 11.8 Å². The van der Waals surface area contributed by atoms with Gasteiger partial charge in [0.1, 0.15) is 5.76 Å². The first kappa shape index (κ1) is 17.8. The first-order valence-corrected chi connectivity index (χ1v) is 10.3. The van der Waals surface area contributed by atoms with Crippen LogP contribution in [0.15, 0.2) is 63.5 Å². The third kappa shape index (κ3) is 4.20. The lowest BCUT2D eigenvalue weighted by Gasteiger charge is -2.03. The molecule has 0 aliphatic carbocycles. The summed E-state index contributed by atoms with van der Waals surface area (Å²) >= 11 is 3.03. The van der Waals surface area contributed by atoms with E-state index in [1.807, 2.05) is 49.4 Å². The summed E-state index contributed by atoms with van der Waals surface area (Å²) < 4.78 is 6.60. The van der Waals surface area contributed by atoms with E-state index in [1.165, 1.54) is 11.3 Å². The second kappa shape index (κ2) is 7.94. The van der Waals surface area contributed by atoms with Gasteiger partial charge >= 0.3 is 0 Å². The SMILES string of the molecule is CCc1cnc(CSc2cnc(NC(=O)c3ccc4ccccc4c3)s2)o1. The molecule has 27 heavy (non-hydrogen) atoms. The van der Waals surface area contributed by atoms with E-state index in [0.717, 1.165) is 27.2 Å². The highest BCUT2D eigenvalue weighted by Crippen LogP contribution is 2.31. The molecule has 1 N–H and O–H groups in total. The Morgan fingerprint density at radius 3 is 2.81 bits per heavy atom. The molecule has 0 saturated heterocycles. The van der Waals surface area contributed by atoms with Gasteiger partial charge in [-0.25, -0.2) is 9.97 Å². The number of nitrogens with one attached hydrogen (secondary N) is 1. The summed E-state index contributed by atoms with van der Waals surface area (Å²) in [6, 6.07) is 13.6. The highest BCUT2D eigenvalue weighted by Gasteiger charge is 2.11. The van der Waals surface area contributed by atoms with Gasteiger partial charge in [0.25, 0.3) is 5.91 Å². The van der Waals surface area contributed by atoms with E-state index in [4.69, 9.17) is 4.42 Å². The molecule has 2 aromatic carbocycles. The van der Waals surface area contributed by atoms with Crippen molar-refractivity contribution in [3.8, 4) is 0 Å². The Morgan fingerprint density at radius 1 is 1.15 bits per heavy atom. The third-order valence-electron chi connectivity index (χ3n) is 4.00. The summed E-state index contributed by atoms with van der Waals surface area (Å²) in [5.74, 6) is 2.07. The molecule has 4 rings (SSSR count). The van der Waals surface area contributed by atoms with Crippen molar-refractivity contribution in [1.82, 2.24) is 9.97 Å². The number of oxazole rings is 1.